The lowest BCUT2D eigenvalue weighted by Crippen LogP contribution is -2.17. The van der Waals surface area contributed by atoms with Crippen LogP contribution in [0.1, 0.15) is 105 Å². The molecule has 2 aromatic rings. The van der Waals surface area contributed by atoms with E-state index in [9.17, 15) is 10.2 Å². The highest BCUT2D eigenvalue weighted by molar-refractivity contribution is 5.52. The molecule has 0 saturated carbocycles. The molecule has 0 aliphatic heterocycles. The van der Waals surface area contributed by atoms with Gasteiger partial charge in [0.2, 0.25) is 0 Å². The van der Waals surface area contributed by atoms with Crippen LogP contribution in [0.4, 0.5) is 0 Å². The van der Waals surface area contributed by atoms with Gasteiger partial charge < -0.3 is 19.7 Å². The fourth-order valence-electron chi connectivity index (χ4n) is 3.74. The van der Waals surface area contributed by atoms with Crippen LogP contribution in [0.3, 0.4) is 0 Å². The predicted molar refractivity (Wildman–Crippen MR) is 144 cm³/mol. The number of phenols is 2. The summed E-state index contributed by atoms with van der Waals surface area (Å²) in [7, 11) is 3.32. The lowest BCUT2D eigenvalue weighted by Gasteiger charge is -2.27. The van der Waals surface area contributed by atoms with Gasteiger partial charge in [-0.2, -0.15) is 0 Å². The van der Waals surface area contributed by atoms with E-state index in [1.54, 1.807) is 14.2 Å². The first-order chi connectivity index (χ1) is 15.1. The lowest BCUT2D eigenvalue weighted by molar-refractivity contribution is 0.395. The zero-order chi connectivity index (χ0) is 26.9. The molecule has 0 unspecified atom stereocenters. The summed E-state index contributed by atoms with van der Waals surface area (Å²) < 4.78 is 10.7. The van der Waals surface area contributed by atoms with Crippen molar-refractivity contribution in [3.63, 3.8) is 0 Å². The van der Waals surface area contributed by atoms with Gasteiger partial charge in [0.15, 0.2) is 0 Å². The zero-order valence-electron chi connectivity index (χ0n) is 24.0. The summed E-state index contributed by atoms with van der Waals surface area (Å²) >= 11 is 0. The highest BCUT2D eigenvalue weighted by Crippen LogP contribution is 2.42. The van der Waals surface area contributed by atoms with Crippen molar-refractivity contribution in [2.45, 2.75) is 105 Å². The van der Waals surface area contributed by atoms with Gasteiger partial charge in [-0.15, -0.1) is 0 Å². The van der Waals surface area contributed by atoms with Crippen molar-refractivity contribution in [3.8, 4) is 23.0 Å². The molecular weight excluding hydrogens is 424 g/mol. The number of aromatic hydroxyl groups is 2. The van der Waals surface area contributed by atoms with E-state index in [0.717, 1.165) is 33.8 Å². The molecule has 2 rings (SSSR count). The first-order valence-electron chi connectivity index (χ1n) is 12.0. The van der Waals surface area contributed by atoms with Gasteiger partial charge in [-0.05, 0) is 45.9 Å². The Kier molecular flexibility index (Phi) is 8.81. The summed E-state index contributed by atoms with van der Waals surface area (Å²) in [4.78, 5) is 0. The highest BCUT2D eigenvalue weighted by atomic mass is 16.5. The predicted octanol–water partition coefficient (Wildman–Crippen LogP) is 7.99. The minimum atomic E-state index is -0.0986. The molecule has 0 radical (unpaired) electrons. The van der Waals surface area contributed by atoms with E-state index in [1.807, 2.05) is 24.3 Å². The van der Waals surface area contributed by atoms with Crippen molar-refractivity contribution in [2.24, 2.45) is 0 Å². The smallest absolute Gasteiger partial charge is 0.123 e. The number of rotatable bonds is 2. The average Bonchev–Trinajstić information content (AvgIpc) is 2.65. The van der Waals surface area contributed by atoms with Gasteiger partial charge in [-0.25, -0.2) is 0 Å². The molecule has 0 bridgehead atoms. The third kappa shape index (κ3) is 7.32. The average molecular weight is 473 g/mol. The molecule has 34 heavy (non-hydrogen) atoms. The summed E-state index contributed by atoms with van der Waals surface area (Å²) in [6, 6.07) is 7.68. The van der Waals surface area contributed by atoms with E-state index in [-0.39, 0.29) is 21.7 Å². The Bertz CT molecular complexity index is 823. The molecule has 0 aliphatic rings. The number of ether oxygens (including phenoxy) is 2. The molecule has 192 valence electrons. The fraction of sp³-hybridized carbons (Fsp3) is 0.600. The lowest BCUT2D eigenvalue weighted by atomic mass is 9.79. The number of hydrogen-bond donors (Lipinski definition) is 2. The van der Waals surface area contributed by atoms with Crippen LogP contribution in [-0.2, 0) is 21.7 Å². The van der Waals surface area contributed by atoms with Crippen molar-refractivity contribution in [1.82, 2.24) is 0 Å². The summed E-state index contributed by atoms with van der Waals surface area (Å²) in [5.74, 6) is 2.40. The summed E-state index contributed by atoms with van der Waals surface area (Å²) in [5, 5.41) is 20.8. The van der Waals surface area contributed by atoms with Gasteiger partial charge >= 0.3 is 0 Å². The van der Waals surface area contributed by atoms with E-state index in [2.05, 4.69) is 83.1 Å². The van der Waals surface area contributed by atoms with Crippen LogP contribution >= 0.6 is 0 Å². The van der Waals surface area contributed by atoms with Crippen molar-refractivity contribution >= 4 is 0 Å². The Morgan fingerprint density at radius 1 is 0.441 bits per heavy atom. The van der Waals surface area contributed by atoms with Crippen LogP contribution in [0.2, 0.25) is 0 Å². The maximum Gasteiger partial charge on any atom is 0.123 e. The van der Waals surface area contributed by atoms with Crippen LogP contribution in [0, 0.1) is 0 Å². The van der Waals surface area contributed by atoms with Crippen LogP contribution < -0.4 is 9.47 Å². The molecule has 0 amide bonds. The van der Waals surface area contributed by atoms with E-state index in [1.165, 1.54) is 0 Å². The monoisotopic (exact) mass is 472 g/mol. The van der Waals surface area contributed by atoms with Gasteiger partial charge in [0.1, 0.15) is 23.0 Å². The number of methoxy groups -OCH3 is 2. The summed E-state index contributed by atoms with van der Waals surface area (Å²) in [6.45, 7) is 25.1. The molecular formula is C30H48O4. The number of hydrogen-bond acceptors (Lipinski definition) is 4. The molecule has 2 N–H and O–H groups in total. The van der Waals surface area contributed by atoms with Crippen LogP contribution in [0.15, 0.2) is 24.3 Å². The normalized spacial score (nSPS) is 12.6. The Labute approximate surface area is 208 Å². The highest BCUT2D eigenvalue weighted by Gasteiger charge is 2.28. The summed E-state index contributed by atoms with van der Waals surface area (Å²) in [6.07, 6.45) is 0. The molecule has 4 nitrogen and oxygen atoms in total. The molecule has 0 aliphatic carbocycles. The quantitative estimate of drug-likeness (QED) is 0.465. The Hall–Kier alpha value is -2.36. The molecule has 0 spiro atoms. The third-order valence-corrected chi connectivity index (χ3v) is 5.87. The van der Waals surface area contributed by atoms with Gasteiger partial charge in [0.05, 0.1) is 14.2 Å². The SMILES string of the molecule is COc1cc(C(C)(C)C)c(O)c(C(C)(C)C)c1.COc1cc(C(C)(C)C)c(O)c(C(C)(C)C)c1. The minimum Gasteiger partial charge on any atom is -0.507 e. The fourth-order valence-corrected chi connectivity index (χ4v) is 3.74. The van der Waals surface area contributed by atoms with Crippen molar-refractivity contribution < 1.29 is 19.7 Å². The van der Waals surface area contributed by atoms with Gasteiger partial charge in [-0.1, -0.05) is 83.1 Å². The van der Waals surface area contributed by atoms with Crippen molar-refractivity contribution in [3.05, 3.63) is 46.5 Å². The summed E-state index contributed by atoms with van der Waals surface area (Å²) in [5.41, 5.74) is 3.33. The van der Waals surface area contributed by atoms with E-state index in [4.69, 9.17) is 9.47 Å². The molecule has 4 heteroatoms. The van der Waals surface area contributed by atoms with Gasteiger partial charge in [0.25, 0.3) is 0 Å². The second-order valence-electron chi connectivity index (χ2n) is 13.1. The second kappa shape index (κ2) is 10.1. The maximum atomic E-state index is 10.4. The largest absolute Gasteiger partial charge is 0.507 e. The molecule has 0 atom stereocenters. The zero-order valence-corrected chi connectivity index (χ0v) is 24.0. The van der Waals surface area contributed by atoms with Crippen molar-refractivity contribution in [1.29, 1.82) is 0 Å². The standard InChI is InChI=1S/2C15H24O2/c2*1-14(2,3)11-8-10(17-7)9-12(13(11)16)15(4,5)6/h2*8-9,16H,1-7H3. The first-order valence-corrected chi connectivity index (χ1v) is 12.0. The molecule has 0 saturated heterocycles. The first kappa shape index (κ1) is 29.7. The second-order valence-corrected chi connectivity index (χ2v) is 13.1. The van der Waals surface area contributed by atoms with E-state index in [0.29, 0.717) is 11.5 Å². The van der Waals surface area contributed by atoms with Crippen LogP contribution in [0.25, 0.3) is 0 Å². The van der Waals surface area contributed by atoms with Crippen molar-refractivity contribution in [2.75, 3.05) is 14.2 Å². The maximum absolute atomic E-state index is 10.4. The topological polar surface area (TPSA) is 58.9 Å². The van der Waals surface area contributed by atoms with E-state index >= 15 is 0 Å². The number of benzene rings is 2. The Balaban J connectivity index is 0.000000340. The van der Waals surface area contributed by atoms with Crippen LogP contribution in [-0.4, -0.2) is 24.4 Å². The van der Waals surface area contributed by atoms with Gasteiger partial charge in [0, 0.05) is 22.3 Å². The third-order valence-electron chi connectivity index (χ3n) is 5.87. The Morgan fingerprint density at radius 3 is 0.735 bits per heavy atom. The molecule has 2 aromatic carbocycles. The van der Waals surface area contributed by atoms with Crippen LogP contribution in [0.5, 0.6) is 23.0 Å². The van der Waals surface area contributed by atoms with E-state index < -0.39 is 0 Å². The van der Waals surface area contributed by atoms with Gasteiger partial charge in [-0.3, -0.25) is 0 Å². The molecule has 0 aromatic heterocycles. The Morgan fingerprint density at radius 2 is 0.618 bits per heavy atom. The number of phenolic OH excluding ortho intramolecular Hbond substituents is 2. The molecule has 0 fully saturated rings. The minimum absolute atomic E-state index is 0.0986. The molecule has 0 heterocycles.